The van der Waals surface area contributed by atoms with Crippen LogP contribution in [0.25, 0.3) is 11.2 Å². The van der Waals surface area contributed by atoms with E-state index in [1.807, 2.05) is 18.2 Å². The van der Waals surface area contributed by atoms with Gasteiger partial charge in [-0.2, -0.15) is 0 Å². The number of halogens is 1. The van der Waals surface area contributed by atoms with Crippen LogP contribution < -0.4 is 16.1 Å². The molecule has 0 unspecified atom stereocenters. The van der Waals surface area contributed by atoms with Crippen LogP contribution in [0.2, 0.25) is 5.02 Å². The summed E-state index contributed by atoms with van der Waals surface area (Å²) in [5.74, 6) is 0.695. The van der Waals surface area contributed by atoms with E-state index in [0.29, 0.717) is 23.5 Å². The van der Waals surface area contributed by atoms with Crippen molar-refractivity contribution in [1.82, 2.24) is 24.0 Å². The van der Waals surface area contributed by atoms with E-state index in [4.69, 9.17) is 11.6 Å². The van der Waals surface area contributed by atoms with Crippen molar-refractivity contribution >= 4 is 28.5 Å². The first-order valence-electron chi connectivity index (χ1n) is 9.23. The quantitative estimate of drug-likeness (QED) is 0.713. The van der Waals surface area contributed by atoms with Gasteiger partial charge in [0, 0.05) is 51.0 Å². The van der Waals surface area contributed by atoms with Crippen LogP contribution in [-0.2, 0) is 20.6 Å². The van der Waals surface area contributed by atoms with Crippen LogP contribution in [0.5, 0.6) is 0 Å². The minimum absolute atomic E-state index is 0.349. The molecule has 8 nitrogen and oxygen atoms in total. The summed E-state index contributed by atoms with van der Waals surface area (Å²) >= 11 is 6.16. The average Bonchev–Trinajstić information content (AvgIpc) is 3.11. The molecular formula is C19H23ClN6O2. The molecule has 0 radical (unpaired) electrons. The van der Waals surface area contributed by atoms with Gasteiger partial charge in [-0.05, 0) is 24.6 Å². The Kier molecular flexibility index (Phi) is 4.76. The minimum Gasteiger partial charge on any atom is -0.369 e. The number of aryl methyl sites for hydroxylation is 2. The maximum absolute atomic E-state index is 12.3. The number of benzene rings is 1. The van der Waals surface area contributed by atoms with Gasteiger partial charge in [0.2, 0.25) is 0 Å². The van der Waals surface area contributed by atoms with E-state index >= 15 is 0 Å². The molecule has 0 aliphatic carbocycles. The molecule has 1 N–H and O–H groups in total. The van der Waals surface area contributed by atoms with Gasteiger partial charge in [-0.1, -0.05) is 17.7 Å². The second kappa shape index (κ2) is 7.10. The van der Waals surface area contributed by atoms with Crippen molar-refractivity contribution < 1.29 is 0 Å². The molecule has 1 aliphatic heterocycles. The minimum atomic E-state index is -0.374. The van der Waals surface area contributed by atoms with Gasteiger partial charge in [0.25, 0.3) is 5.56 Å². The van der Waals surface area contributed by atoms with E-state index in [1.54, 1.807) is 7.05 Å². The van der Waals surface area contributed by atoms with Gasteiger partial charge in [-0.15, -0.1) is 0 Å². The zero-order valence-electron chi connectivity index (χ0n) is 16.2. The van der Waals surface area contributed by atoms with E-state index in [9.17, 15) is 9.59 Å². The molecular weight excluding hydrogens is 380 g/mol. The number of aromatic nitrogens is 4. The number of hydrogen-bond acceptors (Lipinski definition) is 5. The second-order valence-corrected chi connectivity index (χ2v) is 7.72. The molecule has 3 aromatic rings. The largest absolute Gasteiger partial charge is 0.369 e. The molecule has 1 aliphatic rings. The van der Waals surface area contributed by atoms with Gasteiger partial charge in [-0.3, -0.25) is 18.8 Å². The monoisotopic (exact) mass is 402 g/mol. The molecule has 2 aromatic heterocycles. The van der Waals surface area contributed by atoms with Crippen LogP contribution in [-0.4, -0.2) is 50.2 Å². The molecule has 0 bridgehead atoms. The molecule has 1 aromatic carbocycles. The van der Waals surface area contributed by atoms with Crippen molar-refractivity contribution in [3.8, 4) is 0 Å². The third-order valence-electron chi connectivity index (χ3n) is 5.40. The number of rotatable bonds is 3. The van der Waals surface area contributed by atoms with Crippen LogP contribution in [0.3, 0.4) is 0 Å². The molecule has 1 fully saturated rings. The fourth-order valence-corrected chi connectivity index (χ4v) is 3.90. The molecule has 0 amide bonds. The summed E-state index contributed by atoms with van der Waals surface area (Å²) in [6.07, 6.45) is 0. The van der Waals surface area contributed by atoms with Gasteiger partial charge >= 0.3 is 5.69 Å². The maximum atomic E-state index is 12.3. The Morgan fingerprint density at radius 2 is 1.82 bits per heavy atom. The molecule has 1 saturated heterocycles. The summed E-state index contributed by atoms with van der Waals surface area (Å²) in [5.41, 5.74) is 2.43. The number of imidazole rings is 1. The first kappa shape index (κ1) is 18.8. The SMILES string of the molecule is Cc1ccc(Cl)cc1N1CCN(Cc2nc3c([nH]2)c(=O)n(C)c(=O)n3C)CC1. The first-order chi connectivity index (χ1) is 13.3. The number of nitrogens with zero attached hydrogens (tertiary/aromatic N) is 5. The third kappa shape index (κ3) is 3.22. The zero-order valence-corrected chi connectivity index (χ0v) is 17.0. The van der Waals surface area contributed by atoms with Gasteiger partial charge in [0.15, 0.2) is 5.65 Å². The van der Waals surface area contributed by atoms with E-state index < -0.39 is 0 Å². The normalized spacial score (nSPS) is 15.5. The maximum Gasteiger partial charge on any atom is 0.332 e. The number of nitrogens with one attached hydrogen (secondary N) is 1. The molecule has 0 atom stereocenters. The van der Waals surface area contributed by atoms with Crippen LogP contribution in [0, 0.1) is 6.92 Å². The summed E-state index contributed by atoms with van der Waals surface area (Å²) in [7, 11) is 3.10. The first-order valence-corrected chi connectivity index (χ1v) is 9.61. The number of H-pyrrole nitrogens is 1. The lowest BCUT2D eigenvalue weighted by molar-refractivity contribution is 0.245. The summed E-state index contributed by atoms with van der Waals surface area (Å²) in [6.45, 7) is 6.23. The lowest BCUT2D eigenvalue weighted by Gasteiger charge is -2.36. The Morgan fingerprint density at radius 1 is 1.11 bits per heavy atom. The van der Waals surface area contributed by atoms with Crippen LogP contribution in [0.15, 0.2) is 27.8 Å². The molecule has 9 heteroatoms. The lowest BCUT2D eigenvalue weighted by atomic mass is 10.1. The molecule has 28 heavy (non-hydrogen) atoms. The molecule has 148 valence electrons. The van der Waals surface area contributed by atoms with E-state index in [0.717, 1.165) is 35.8 Å². The second-order valence-electron chi connectivity index (χ2n) is 7.28. The van der Waals surface area contributed by atoms with Crippen LogP contribution >= 0.6 is 11.6 Å². The topological polar surface area (TPSA) is 79.2 Å². The van der Waals surface area contributed by atoms with Crippen molar-refractivity contribution in [3.63, 3.8) is 0 Å². The molecule has 0 spiro atoms. The van der Waals surface area contributed by atoms with Gasteiger partial charge in [0.05, 0.1) is 6.54 Å². The Balaban J connectivity index is 1.50. The van der Waals surface area contributed by atoms with Gasteiger partial charge in [0.1, 0.15) is 11.3 Å². The van der Waals surface area contributed by atoms with Crippen molar-refractivity contribution in [2.45, 2.75) is 13.5 Å². The van der Waals surface area contributed by atoms with Crippen molar-refractivity contribution in [1.29, 1.82) is 0 Å². The highest BCUT2D eigenvalue weighted by Gasteiger charge is 2.21. The van der Waals surface area contributed by atoms with Crippen LogP contribution in [0.4, 0.5) is 5.69 Å². The highest BCUT2D eigenvalue weighted by molar-refractivity contribution is 6.30. The number of hydrogen-bond donors (Lipinski definition) is 1. The highest BCUT2D eigenvalue weighted by Crippen LogP contribution is 2.25. The van der Waals surface area contributed by atoms with Gasteiger partial charge < -0.3 is 9.88 Å². The Labute approximate surface area is 167 Å². The van der Waals surface area contributed by atoms with Gasteiger partial charge in [-0.25, -0.2) is 9.78 Å². The molecule has 3 heterocycles. The molecule has 4 rings (SSSR count). The predicted molar refractivity (Wildman–Crippen MR) is 110 cm³/mol. The Morgan fingerprint density at radius 3 is 2.54 bits per heavy atom. The summed E-state index contributed by atoms with van der Waals surface area (Å²) in [4.78, 5) is 36.6. The standard InChI is InChI=1S/C19H23ClN6O2/c1-12-4-5-13(20)10-14(12)26-8-6-25(7-9-26)11-15-21-16-17(22-15)23(2)19(28)24(3)18(16)27/h4-5,10H,6-9,11H2,1-3H3,(H,21,22). The number of aromatic amines is 1. The van der Waals surface area contributed by atoms with E-state index in [1.165, 1.54) is 22.9 Å². The fourth-order valence-electron chi connectivity index (χ4n) is 3.73. The Hall–Kier alpha value is -2.58. The summed E-state index contributed by atoms with van der Waals surface area (Å²) in [5, 5.41) is 0.748. The Bertz CT molecular complexity index is 1150. The summed E-state index contributed by atoms with van der Waals surface area (Å²) < 4.78 is 2.49. The third-order valence-corrected chi connectivity index (χ3v) is 5.64. The zero-order chi connectivity index (χ0) is 20.0. The smallest absolute Gasteiger partial charge is 0.332 e. The average molecular weight is 403 g/mol. The van der Waals surface area contributed by atoms with Crippen molar-refractivity contribution in [2.24, 2.45) is 14.1 Å². The van der Waals surface area contributed by atoms with Crippen molar-refractivity contribution in [2.75, 3.05) is 31.1 Å². The predicted octanol–water partition coefficient (Wildman–Crippen LogP) is 1.24. The fraction of sp³-hybridized carbons (Fsp3) is 0.421. The number of piperazine rings is 1. The highest BCUT2D eigenvalue weighted by atomic mass is 35.5. The van der Waals surface area contributed by atoms with E-state index in [2.05, 4.69) is 26.7 Å². The number of anilines is 1. The number of fused-ring (bicyclic) bond motifs is 1. The lowest BCUT2D eigenvalue weighted by Crippen LogP contribution is -2.46. The summed E-state index contributed by atoms with van der Waals surface area (Å²) in [6, 6.07) is 5.97. The molecule has 0 saturated carbocycles. The van der Waals surface area contributed by atoms with E-state index in [-0.39, 0.29) is 11.2 Å². The van der Waals surface area contributed by atoms with Crippen molar-refractivity contribution in [3.05, 3.63) is 55.4 Å². The van der Waals surface area contributed by atoms with Crippen LogP contribution in [0.1, 0.15) is 11.4 Å².